The first-order chi connectivity index (χ1) is 18.6. The van der Waals surface area contributed by atoms with Crippen LogP contribution < -0.4 is 30.6 Å². The number of β-amino-alcohol motifs (C(OH)–C–C–N with tert-alkyl or cyclic N) is 1. The number of aliphatic hydroxyl groups excluding tert-OH is 1. The van der Waals surface area contributed by atoms with Gasteiger partial charge < -0.3 is 30.1 Å². The highest BCUT2D eigenvalue weighted by molar-refractivity contribution is 5.75. The number of halogens is 3. The maximum Gasteiger partial charge on any atom is 0.418 e. The number of methoxy groups -OCH3 is 2. The fraction of sp³-hybridized carbons (Fsp3) is 0.407. The molecular formula is C27H30F3N5O4. The van der Waals surface area contributed by atoms with Gasteiger partial charge in [0.2, 0.25) is 0 Å². The van der Waals surface area contributed by atoms with Crippen molar-refractivity contribution < 1.29 is 27.8 Å². The van der Waals surface area contributed by atoms with Crippen LogP contribution in [0.15, 0.2) is 41.2 Å². The number of aromatic nitrogens is 2. The van der Waals surface area contributed by atoms with E-state index in [4.69, 9.17) is 15.2 Å². The van der Waals surface area contributed by atoms with Crippen LogP contribution in [0.4, 0.5) is 24.5 Å². The molecular weight excluding hydrogens is 515 g/mol. The van der Waals surface area contributed by atoms with E-state index in [1.54, 1.807) is 28.0 Å². The van der Waals surface area contributed by atoms with Gasteiger partial charge in [0.25, 0.3) is 5.56 Å². The maximum absolute atomic E-state index is 14.3. The predicted octanol–water partition coefficient (Wildman–Crippen LogP) is 2.83. The zero-order valence-electron chi connectivity index (χ0n) is 21.7. The minimum absolute atomic E-state index is 0.268. The van der Waals surface area contributed by atoms with E-state index < -0.39 is 23.4 Å². The molecule has 1 saturated heterocycles. The fourth-order valence-corrected chi connectivity index (χ4v) is 5.30. The maximum atomic E-state index is 14.3. The van der Waals surface area contributed by atoms with Crippen LogP contribution in [0.25, 0.3) is 16.9 Å². The Kier molecular flexibility index (Phi) is 7.17. The smallest absolute Gasteiger partial charge is 0.418 e. The molecule has 0 amide bonds. The van der Waals surface area contributed by atoms with Gasteiger partial charge in [-0.05, 0) is 43.2 Å². The van der Waals surface area contributed by atoms with Gasteiger partial charge in [-0.15, -0.1) is 0 Å². The van der Waals surface area contributed by atoms with E-state index in [0.717, 1.165) is 10.7 Å². The summed E-state index contributed by atoms with van der Waals surface area (Å²) in [6, 6.07) is 8.73. The number of nitrogens with zero attached hydrogens (tertiary/aromatic N) is 4. The van der Waals surface area contributed by atoms with Crippen molar-refractivity contribution in [1.29, 1.82) is 0 Å². The number of aliphatic hydroxyl groups is 1. The van der Waals surface area contributed by atoms with Gasteiger partial charge in [0, 0.05) is 55.6 Å². The molecule has 3 N–H and O–H groups in total. The molecule has 9 nitrogen and oxygen atoms in total. The van der Waals surface area contributed by atoms with Crippen LogP contribution >= 0.6 is 0 Å². The second-order valence-electron chi connectivity index (χ2n) is 9.61. The summed E-state index contributed by atoms with van der Waals surface area (Å²) in [7, 11) is 2.99. The zero-order chi connectivity index (χ0) is 27.9. The monoisotopic (exact) mass is 545 g/mol. The SMILES string of the molecule is COc1cc(OC)cc(-c2nn(-c3cc(N4CCC(O)C4)ccc3C(F)(F)F)c(=O)c3c2CCN3CCN)c1. The van der Waals surface area contributed by atoms with E-state index in [0.29, 0.717) is 66.5 Å². The number of alkyl halides is 3. The number of nitrogens with two attached hydrogens (primary N) is 1. The number of hydrogen-bond donors (Lipinski definition) is 2. The Balaban J connectivity index is 1.79. The minimum Gasteiger partial charge on any atom is -0.497 e. The van der Waals surface area contributed by atoms with Crippen LogP contribution in [0.5, 0.6) is 11.5 Å². The summed E-state index contributed by atoms with van der Waals surface area (Å²) in [5, 5.41) is 14.5. The van der Waals surface area contributed by atoms with Gasteiger partial charge in [0.1, 0.15) is 17.2 Å². The molecule has 0 bridgehead atoms. The lowest BCUT2D eigenvalue weighted by Crippen LogP contribution is -2.34. The fourth-order valence-electron chi connectivity index (χ4n) is 5.30. The Bertz CT molecular complexity index is 1420. The molecule has 39 heavy (non-hydrogen) atoms. The third-order valence-electron chi connectivity index (χ3n) is 7.18. The lowest BCUT2D eigenvalue weighted by atomic mass is 10.0. The summed E-state index contributed by atoms with van der Waals surface area (Å²) >= 11 is 0. The van der Waals surface area contributed by atoms with Crippen molar-refractivity contribution in [3.8, 4) is 28.4 Å². The quantitative estimate of drug-likeness (QED) is 0.467. The average molecular weight is 546 g/mol. The van der Waals surface area contributed by atoms with Crippen molar-refractivity contribution in [3.63, 3.8) is 0 Å². The molecule has 0 saturated carbocycles. The van der Waals surface area contributed by atoms with Gasteiger partial charge in [-0.1, -0.05) is 0 Å². The molecule has 2 aromatic carbocycles. The highest BCUT2D eigenvalue weighted by Gasteiger charge is 2.37. The summed E-state index contributed by atoms with van der Waals surface area (Å²) in [5.74, 6) is 0.945. The van der Waals surface area contributed by atoms with Crippen LogP contribution in [0.2, 0.25) is 0 Å². The number of hydrogen-bond acceptors (Lipinski definition) is 8. The Morgan fingerprint density at radius 3 is 2.41 bits per heavy atom. The number of rotatable bonds is 7. The molecule has 5 rings (SSSR count). The van der Waals surface area contributed by atoms with Crippen molar-refractivity contribution in [2.45, 2.75) is 25.1 Å². The average Bonchev–Trinajstić information content (AvgIpc) is 3.55. The summed E-state index contributed by atoms with van der Waals surface area (Å²) in [6.45, 7) is 1.89. The lowest BCUT2D eigenvalue weighted by molar-refractivity contribution is -0.137. The molecule has 0 radical (unpaired) electrons. The summed E-state index contributed by atoms with van der Waals surface area (Å²) in [5.41, 5.74) is 6.05. The molecule has 2 aliphatic heterocycles. The molecule has 208 valence electrons. The molecule has 1 atom stereocenters. The van der Waals surface area contributed by atoms with E-state index in [2.05, 4.69) is 5.10 Å². The summed E-state index contributed by atoms with van der Waals surface area (Å²) in [6.07, 6.45) is -4.33. The second kappa shape index (κ2) is 10.4. The van der Waals surface area contributed by atoms with Gasteiger partial charge in [-0.3, -0.25) is 4.79 Å². The molecule has 1 unspecified atom stereocenters. The van der Waals surface area contributed by atoms with Crippen LogP contribution in [-0.4, -0.2) is 67.9 Å². The number of benzene rings is 2. The van der Waals surface area contributed by atoms with Crippen molar-refractivity contribution >= 4 is 11.4 Å². The Labute approximate surface area is 223 Å². The molecule has 12 heteroatoms. The van der Waals surface area contributed by atoms with Gasteiger partial charge in [-0.25, -0.2) is 0 Å². The van der Waals surface area contributed by atoms with Crippen LogP contribution in [0.1, 0.15) is 17.5 Å². The lowest BCUT2D eigenvalue weighted by Gasteiger charge is -2.23. The normalized spacial score (nSPS) is 17.1. The number of anilines is 2. The van der Waals surface area contributed by atoms with Crippen molar-refractivity contribution in [3.05, 3.63) is 57.9 Å². The van der Waals surface area contributed by atoms with Gasteiger partial charge in [0.05, 0.1) is 37.3 Å². The van der Waals surface area contributed by atoms with E-state index in [-0.39, 0.29) is 24.5 Å². The zero-order valence-corrected chi connectivity index (χ0v) is 21.7. The number of ether oxygens (including phenoxy) is 2. The van der Waals surface area contributed by atoms with Crippen LogP contribution in [0, 0.1) is 0 Å². The van der Waals surface area contributed by atoms with E-state index in [1.807, 2.05) is 0 Å². The van der Waals surface area contributed by atoms with E-state index in [9.17, 15) is 23.1 Å². The predicted molar refractivity (Wildman–Crippen MR) is 141 cm³/mol. The largest absolute Gasteiger partial charge is 0.497 e. The summed E-state index contributed by atoms with van der Waals surface area (Å²) < 4.78 is 54.5. The van der Waals surface area contributed by atoms with Crippen LogP contribution in [-0.2, 0) is 12.6 Å². The van der Waals surface area contributed by atoms with Crippen LogP contribution in [0.3, 0.4) is 0 Å². The molecule has 0 spiro atoms. The second-order valence-corrected chi connectivity index (χ2v) is 9.61. The Hall–Kier alpha value is -3.77. The molecule has 3 heterocycles. The molecule has 1 aromatic heterocycles. The van der Waals surface area contributed by atoms with Gasteiger partial charge in [0.15, 0.2) is 0 Å². The van der Waals surface area contributed by atoms with E-state index in [1.165, 1.54) is 26.4 Å². The third-order valence-corrected chi connectivity index (χ3v) is 7.18. The highest BCUT2D eigenvalue weighted by Crippen LogP contribution is 2.39. The first-order valence-corrected chi connectivity index (χ1v) is 12.6. The standard InChI is InChI=1S/C27H30F3N5O4/c1-38-19-11-16(12-20(14-19)39-2)24-21-6-9-33(10-7-31)25(21)26(37)35(32-24)23-13-17(34-8-5-18(36)15-34)3-4-22(23)27(28,29)30/h3-4,11-14,18,36H,5-10,15,31H2,1-2H3. The van der Waals surface area contributed by atoms with Crippen molar-refractivity contribution in [2.24, 2.45) is 5.73 Å². The van der Waals surface area contributed by atoms with Gasteiger partial charge >= 0.3 is 6.18 Å². The Morgan fingerprint density at radius 2 is 1.82 bits per heavy atom. The summed E-state index contributed by atoms with van der Waals surface area (Å²) in [4.78, 5) is 17.5. The molecule has 2 aliphatic rings. The van der Waals surface area contributed by atoms with Crippen molar-refractivity contribution in [1.82, 2.24) is 9.78 Å². The third kappa shape index (κ3) is 5.01. The first-order valence-electron chi connectivity index (χ1n) is 12.6. The topological polar surface area (TPSA) is 106 Å². The van der Waals surface area contributed by atoms with E-state index >= 15 is 0 Å². The van der Waals surface area contributed by atoms with Crippen molar-refractivity contribution in [2.75, 3.05) is 56.7 Å². The molecule has 3 aromatic rings. The first kappa shape index (κ1) is 26.8. The minimum atomic E-state index is -4.74. The van der Waals surface area contributed by atoms with Gasteiger partial charge in [-0.2, -0.15) is 23.0 Å². The highest BCUT2D eigenvalue weighted by atomic mass is 19.4. The number of fused-ring (bicyclic) bond motifs is 1. The molecule has 1 fully saturated rings. The Morgan fingerprint density at radius 1 is 1.10 bits per heavy atom. The molecule has 0 aliphatic carbocycles.